The Labute approximate surface area is 138 Å². The molecule has 23 heavy (non-hydrogen) atoms. The van der Waals surface area contributed by atoms with E-state index in [2.05, 4.69) is 12.2 Å². The van der Waals surface area contributed by atoms with Gasteiger partial charge < -0.3 is 15.0 Å². The standard InChI is InChI=1S/C18H27FN2O2/c1-13(20-15-9-7-14(19)8-10-15)12-16-6-5-11-21(16)17(22)23-18(2,3)4/h7-10,13,16,20H,5-6,11-12H2,1-4H3. The number of carbonyl (C=O) groups excluding carboxylic acids is 1. The lowest BCUT2D eigenvalue weighted by Crippen LogP contribution is -2.41. The summed E-state index contributed by atoms with van der Waals surface area (Å²) in [6, 6.07) is 6.72. The molecule has 1 saturated heterocycles. The summed E-state index contributed by atoms with van der Waals surface area (Å²) in [4.78, 5) is 14.1. The van der Waals surface area contributed by atoms with Gasteiger partial charge in [-0.25, -0.2) is 9.18 Å². The molecule has 2 rings (SSSR count). The Bertz CT molecular complexity index is 525. The van der Waals surface area contributed by atoms with E-state index >= 15 is 0 Å². The first-order chi connectivity index (χ1) is 10.7. The predicted molar refractivity (Wildman–Crippen MR) is 90.1 cm³/mol. The second-order valence-corrected chi connectivity index (χ2v) is 7.26. The van der Waals surface area contributed by atoms with Gasteiger partial charge >= 0.3 is 6.09 Å². The molecule has 1 N–H and O–H groups in total. The molecule has 128 valence electrons. The van der Waals surface area contributed by atoms with E-state index in [1.54, 1.807) is 12.1 Å². The first-order valence-electron chi connectivity index (χ1n) is 8.26. The van der Waals surface area contributed by atoms with Crippen LogP contribution in [0, 0.1) is 5.82 Å². The number of hydrogen-bond donors (Lipinski definition) is 1. The second-order valence-electron chi connectivity index (χ2n) is 7.26. The molecule has 1 aromatic carbocycles. The van der Waals surface area contributed by atoms with Gasteiger partial charge in [-0.15, -0.1) is 0 Å². The van der Waals surface area contributed by atoms with Crippen molar-refractivity contribution in [3.8, 4) is 0 Å². The quantitative estimate of drug-likeness (QED) is 0.892. The molecule has 1 heterocycles. The van der Waals surface area contributed by atoms with E-state index in [4.69, 9.17) is 4.74 Å². The van der Waals surface area contributed by atoms with Gasteiger partial charge in [-0.3, -0.25) is 0 Å². The molecule has 1 aliphatic heterocycles. The van der Waals surface area contributed by atoms with Crippen molar-refractivity contribution in [2.75, 3.05) is 11.9 Å². The SMILES string of the molecule is CC(CC1CCCN1C(=O)OC(C)(C)C)Nc1ccc(F)cc1. The maximum absolute atomic E-state index is 12.9. The van der Waals surface area contributed by atoms with Gasteiger partial charge in [0.15, 0.2) is 0 Å². The molecule has 2 atom stereocenters. The van der Waals surface area contributed by atoms with Gasteiger partial charge in [0.2, 0.25) is 0 Å². The monoisotopic (exact) mass is 322 g/mol. The highest BCUT2D eigenvalue weighted by atomic mass is 19.1. The molecule has 0 radical (unpaired) electrons. The minimum Gasteiger partial charge on any atom is -0.444 e. The van der Waals surface area contributed by atoms with Crippen LogP contribution in [0.1, 0.15) is 47.0 Å². The van der Waals surface area contributed by atoms with Crippen molar-refractivity contribution < 1.29 is 13.9 Å². The Morgan fingerprint density at radius 3 is 2.65 bits per heavy atom. The summed E-state index contributed by atoms with van der Waals surface area (Å²) >= 11 is 0. The van der Waals surface area contributed by atoms with Crippen LogP contribution < -0.4 is 5.32 Å². The van der Waals surface area contributed by atoms with E-state index in [-0.39, 0.29) is 24.0 Å². The molecule has 2 unspecified atom stereocenters. The summed E-state index contributed by atoms with van der Waals surface area (Å²) < 4.78 is 18.4. The zero-order valence-electron chi connectivity index (χ0n) is 14.4. The Balaban J connectivity index is 1.90. The van der Waals surface area contributed by atoms with Crippen LogP contribution in [0.5, 0.6) is 0 Å². The molecule has 0 bridgehead atoms. The van der Waals surface area contributed by atoms with Crippen LogP contribution in [0.25, 0.3) is 0 Å². The van der Waals surface area contributed by atoms with Crippen molar-refractivity contribution in [2.24, 2.45) is 0 Å². The van der Waals surface area contributed by atoms with Gasteiger partial charge in [0.25, 0.3) is 0 Å². The summed E-state index contributed by atoms with van der Waals surface area (Å²) in [5.74, 6) is -0.241. The third-order valence-electron chi connectivity index (χ3n) is 3.89. The second kappa shape index (κ2) is 7.20. The average Bonchev–Trinajstić information content (AvgIpc) is 2.87. The molecule has 4 nitrogen and oxygen atoms in total. The molecule has 1 fully saturated rings. The first kappa shape index (κ1) is 17.6. The van der Waals surface area contributed by atoms with E-state index in [0.29, 0.717) is 0 Å². The van der Waals surface area contributed by atoms with Crippen LogP contribution in [-0.2, 0) is 4.74 Å². The maximum Gasteiger partial charge on any atom is 0.410 e. The number of halogens is 1. The number of nitrogens with one attached hydrogen (secondary N) is 1. The number of carbonyl (C=O) groups is 1. The zero-order chi connectivity index (χ0) is 17.0. The predicted octanol–water partition coefficient (Wildman–Crippen LogP) is 4.42. The van der Waals surface area contributed by atoms with E-state index in [1.165, 1.54) is 12.1 Å². The van der Waals surface area contributed by atoms with E-state index < -0.39 is 5.60 Å². The van der Waals surface area contributed by atoms with Crippen molar-refractivity contribution in [3.63, 3.8) is 0 Å². The molecule has 5 heteroatoms. The largest absolute Gasteiger partial charge is 0.444 e. The van der Waals surface area contributed by atoms with Crippen LogP contribution >= 0.6 is 0 Å². The summed E-state index contributed by atoms with van der Waals surface area (Å²) in [6.07, 6.45) is 2.62. The summed E-state index contributed by atoms with van der Waals surface area (Å²) in [5.41, 5.74) is 0.420. The molecule has 0 aliphatic carbocycles. The fraction of sp³-hybridized carbons (Fsp3) is 0.611. The highest BCUT2D eigenvalue weighted by molar-refractivity contribution is 5.69. The minimum absolute atomic E-state index is 0.188. The van der Waals surface area contributed by atoms with Crippen LogP contribution in [-0.4, -0.2) is 35.2 Å². The Morgan fingerprint density at radius 1 is 1.39 bits per heavy atom. The molecule has 0 aromatic heterocycles. The lowest BCUT2D eigenvalue weighted by Gasteiger charge is -2.30. The third kappa shape index (κ3) is 5.41. The number of ether oxygens (including phenoxy) is 1. The first-order valence-corrected chi connectivity index (χ1v) is 8.26. The average molecular weight is 322 g/mol. The van der Waals surface area contributed by atoms with Crippen molar-refractivity contribution in [2.45, 2.75) is 64.6 Å². The molecular formula is C18H27FN2O2. The topological polar surface area (TPSA) is 41.6 Å². The fourth-order valence-corrected chi connectivity index (χ4v) is 2.94. The smallest absolute Gasteiger partial charge is 0.410 e. The normalized spacial score (nSPS) is 19.5. The lowest BCUT2D eigenvalue weighted by molar-refractivity contribution is 0.0218. The number of likely N-dealkylation sites (tertiary alicyclic amines) is 1. The van der Waals surface area contributed by atoms with Crippen molar-refractivity contribution in [1.29, 1.82) is 0 Å². The fourth-order valence-electron chi connectivity index (χ4n) is 2.94. The number of rotatable bonds is 4. The molecule has 1 aromatic rings. The van der Waals surface area contributed by atoms with E-state index in [1.807, 2.05) is 25.7 Å². The number of hydrogen-bond acceptors (Lipinski definition) is 3. The Morgan fingerprint density at radius 2 is 2.04 bits per heavy atom. The van der Waals surface area contributed by atoms with Gasteiger partial charge in [0.1, 0.15) is 11.4 Å². The number of benzene rings is 1. The van der Waals surface area contributed by atoms with Crippen LogP contribution in [0.3, 0.4) is 0 Å². The Hall–Kier alpha value is -1.78. The zero-order valence-corrected chi connectivity index (χ0v) is 14.4. The number of anilines is 1. The van der Waals surface area contributed by atoms with E-state index in [9.17, 15) is 9.18 Å². The van der Waals surface area contributed by atoms with Crippen LogP contribution in [0.4, 0.5) is 14.9 Å². The molecule has 1 amide bonds. The molecular weight excluding hydrogens is 295 g/mol. The van der Waals surface area contributed by atoms with Crippen molar-refractivity contribution >= 4 is 11.8 Å². The lowest BCUT2D eigenvalue weighted by atomic mass is 10.1. The summed E-state index contributed by atoms with van der Waals surface area (Å²) in [5, 5.41) is 3.36. The summed E-state index contributed by atoms with van der Waals surface area (Å²) in [7, 11) is 0. The van der Waals surface area contributed by atoms with Gasteiger partial charge in [-0.05, 0) is 71.2 Å². The minimum atomic E-state index is -0.470. The molecule has 1 aliphatic rings. The van der Waals surface area contributed by atoms with Gasteiger partial charge in [-0.1, -0.05) is 0 Å². The number of amides is 1. The van der Waals surface area contributed by atoms with Gasteiger partial charge in [0, 0.05) is 24.3 Å². The number of nitrogens with zero attached hydrogens (tertiary/aromatic N) is 1. The van der Waals surface area contributed by atoms with Gasteiger partial charge in [0.05, 0.1) is 0 Å². The van der Waals surface area contributed by atoms with Crippen molar-refractivity contribution in [1.82, 2.24) is 4.90 Å². The van der Waals surface area contributed by atoms with Crippen LogP contribution in [0.2, 0.25) is 0 Å². The highest BCUT2D eigenvalue weighted by Gasteiger charge is 2.32. The van der Waals surface area contributed by atoms with Gasteiger partial charge in [-0.2, -0.15) is 0 Å². The third-order valence-corrected chi connectivity index (χ3v) is 3.89. The Kier molecular flexibility index (Phi) is 5.50. The highest BCUT2D eigenvalue weighted by Crippen LogP contribution is 2.25. The van der Waals surface area contributed by atoms with E-state index in [0.717, 1.165) is 31.5 Å². The molecule has 0 saturated carbocycles. The van der Waals surface area contributed by atoms with Crippen LogP contribution in [0.15, 0.2) is 24.3 Å². The maximum atomic E-state index is 12.9. The van der Waals surface area contributed by atoms with Crippen molar-refractivity contribution in [3.05, 3.63) is 30.1 Å². The summed E-state index contributed by atoms with van der Waals surface area (Å²) in [6.45, 7) is 8.48. The molecule has 0 spiro atoms.